The zero-order chi connectivity index (χ0) is 16.4. The fraction of sp³-hybridized carbons (Fsp3) is 0.375. The van der Waals surface area contributed by atoms with Crippen LogP contribution in [0.3, 0.4) is 0 Å². The van der Waals surface area contributed by atoms with Crippen LogP contribution in [0.2, 0.25) is 0 Å². The van der Waals surface area contributed by atoms with E-state index in [0.717, 1.165) is 24.0 Å². The summed E-state index contributed by atoms with van der Waals surface area (Å²) >= 11 is 5.12. The van der Waals surface area contributed by atoms with Gasteiger partial charge in [-0.25, -0.2) is 13.1 Å². The van der Waals surface area contributed by atoms with Crippen LogP contribution in [-0.2, 0) is 23.0 Å². The van der Waals surface area contributed by atoms with Gasteiger partial charge in [0.25, 0.3) is 0 Å². The number of nitrogens with one attached hydrogen (secondary N) is 1. The average Bonchev–Trinajstić information content (AvgIpc) is 3.00. The van der Waals surface area contributed by atoms with Gasteiger partial charge in [-0.2, -0.15) is 0 Å². The minimum atomic E-state index is -3.47. The number of halogens is 1. The SMILES string of the molecule is C[C@@H](CNS(=O)(=O)c1cccc(Br)c1)N1CCc2sccc2C1. The number of fused-ring (bicyclic) bond motifs is 1. The van der Waals surface area contributed by atoms with E-state index in [-0.39, 0.29) is 10.9 Å². The Hall–Kier alpha value is -0.730. The van der Waals surface area contributed by atoms with Gasteiger partial charge in [0.05, 0.1) is 4.90 Å². The topological polar surface area (TPSA) is 49.4 Å². The molecule has 0 bridgehead atoms. The molecule has 2 aromatic rings. The molecule has 0 saturated heterocycles. The molecule has 1 aromatic heterocycles. The number of hydrogen-bond acceptors (Lipinski definition) is 4. The molecular weight excluding hydrogens is 396 g/mol. The van der Waals surface area contributed by atoms with E-state index in [1.807, 2.05) is 17.4 Å². The molecule has 2 heterocycles. The quantitative estimate of drug-likeness (QED) is 0.816. The maximum atomic E-state index is 12.4. The van der Waals surface area contributed by atoms with Crippen molar-refractivity contribution in [2.75, 3.05) is 13.1 Å². The second kappa shape index (κ2) is 7.03. The Balaban J connectivity index is 1.62. The molecule has 0 saturated carbocycles. The van der Waals surface area contributed by atoms with Crippen molar-refractivity contribution >= 4 is 37.3 Å². The molecule has 0 fully saturated rings. The fourth-order valence-electron chi connectivity index (χ4n) is 2.72. The van der Waals surface area contributed by atoms with Crippen molar-refractivity contribution in [2.45, 2.75) is 30.8 Å². The molecule has 1 aliphatic heterocycles. The van der Waals surface area contributed by atoms with Crippen LogP contribution in [0.15, 0.2) is 45.1 Å². The fourth-order valence-corrected chi connectivity index (χ4v) is 5.33. The predicted molar refractivity (Wildman–Crippen MR) is 97.2 cm³/mol. The Bertz CT molecular complexity index is 789. The van der Waals surface area contributed by atoms with Crippen LogP contribution in [0.25, 0.3) is 0 Å². The molecule has 7 heteroatoms. The van der Waals surface area contributed by atoms with Gasteiger partial charge in [0.1, 0.15) is 0 Å². The number of benzene rings is 1. The number of sulfonamides is 1. The normalized spacial score (nSPS) is 17.0. The largest absolute Gasteiger partial charge is 0.295 e. The molecule has 23 heavy (non-hydrogen) atoms. The summed E-state index contributed by atoms with van der Waals surface area (Å²) in [5.41, 5.74) is 1.38. The minimum absolute atomic E-state index is 0.157. The van der Waals surface area contributed by atoms with Crippen LogP contribution in [0, 0.1) is 0 Å². The molecule has 0 aliphatic carbocycles. The van der Waals surface area contributed by atoms with Crippen molar-refractivity contribution in [3.63, 3.8) is 0 Å². The highest BCUT2D eigenvalue weighted by Gasteiger charge is 2.23. The van der Waals surface area contributed by atoms with Gasteiger partial charge in [-0.3, -0.25) is 4.90 Å². The lowest BCUT2D eigenvalue weighted by Crippen LogP contribution is -2.44. The first-order chi connectivity index (χ1) is 11.0. The second-order valence-electron chi connectivity index (χ2n) is 5.75. The van der Waals surface area contributed by atoms with E-state index < -0.39 is 10.0 Å². The van der Waals surface area contributed by atoms with Crippen LogP contribution in [0.1, 0.15) is 17.4 Å². The van der Waals surface area contributed by atoms with E-state index in [9.17, 15) is 8.42 Å². The third-order valence-corrected chi connectivity index (χ3v) is 7.07. The Labute approximate surface area is 149 Å². The van der Waals surface area contributed by atoms with E-state index in [1.165, 1.54) is 10.4 Å². The van der Waals surface area contributed by atoms with E-state index >= 15 is 0 Å². The van der Waals surface area contributed by atoms with Gasteiger partial charge in [-0.15, -0.1) is 11.3 Å². The van der Waals surface area contributed by atoms with E-state index in [2.05, 4.69) is 43.9 Å². The second-order valence-corrected chi connectivity index (χ2v) is 9.43. The first-order valence-corrected chi connectivity index (χ1v) is 10.7. The summed E-state index contributed by atoms with van der Waals surface area (Å²) in [7, 11) is -3.47. The maximum absolute atomic E-state index is 12.4. The van der Waals surface area contributed by atoms with Crippen molar-refractivity contribution in [3.05, 3.63) is 50.6 Å². The van der Waals surface area contributed by atoms with E-state index in [0.29, 0.717) is 6.54 Å². The summed E-state index contributed by atoms with van der Waals surface area (Å²) in [6, 6.07) is 9.09. The Kier molecular flexibility index (Phi) is 5.22. The zero-order valence-corrected chi connectivity index (χ0v) is 16.0. The molecule has 0 radical (unpaired) electrons. The molecule has 1 aliphatic rings. The van der Waals surface area contributed by atoms with E-state index in [1.54, 1.807) is 18.2 Å². The summed E-state index contributed by atoms with van der Waals surface area (Å²) in [6.45, 7) is 4.36. The van der Waals surface area contributed by atoms with Crippen molar-refractivity contribution < 1.29 is 8.42 Å². The highest BCUT2D eigenvalue weighted by Crippen LogP contribution is 2.25. The molecule has 0 amide bonds. The predicted octanol–water partition coefficient (Wildman–Crippen LogP) is 3.24. The summed E-state index contributed by atoms with van der Waals surface area (Å²) in [5.74, 6) is 0. The molecule has 3 rings (SSSR count). The third-order valence-electron chi connectivity index (χ3n) is 4.14. The van der Waals surface area contributed by atoms with Crippen molar-refractivity contribution in [3.8, 4) is 0 Å². The van der Waals surface area contributed by atoms with Gasteiger partial charge in [-0.1, -0.05) is 22.0 Å². The van der Waals surface area contributed by atoms with Gasteiger partial charge in [0, 0.05) is 35.0 Å². The lowest BCUT2D eigenvalue weighted by molar-refractivity contribution is 0.193. The Morgan fingerprint density at radius 3 is 3.00 bits per heavy atom. The van der Waals surface area contributed by atoms with Crippen LogP contribution in [0.4, 0.5) is 0 Å². The summed E-state index contributed by atoms with van der Waals surface area (Å²) in [4.78, 5) is 4.08. The molecule has 0 spiro atoms. The molecule has 0 unspecified atom stereocenters. The smallest absolute Gasteiger partial charge is 0.240 e. The van der Waals surface area contributed by atoms with Crippen molar-refractivity contribution in [1.29, 1.82) is 0 Å². The lowest BCUT2D eigenvalue weighted by atomic mass is 10.1. The van der Waals surface area contributed by atoms with Crippen LogP contribution in [0.5, 0.6) is 0 Å². The molecule has 124 valence electrons. The van der Waals surface area contributed by atoms with Gasteiger partial charge in [-0.05, 0) is 48.6 Å². The standard InChI is InChI=1S/C16H19BrN2O2S2/c1-12(19-7-5-16-13(11-19)6-8-22-16)10-18-23(20,21)15-4-2-3-14(17)9-15/h2-4,6,8-9,12,18H,5,7,10-11H2,1H3/t12-/m0/s1. The van der Waals surface area contributed by atoms with Crippen LogP contribution < -0.4 is 4.72 Å². The van der Waals surface area contributed by atoms with Crippen LogP contribution >= 0.6 is 27.3 Å². The minimum Gasteiger partial charge on any atom is -0.295 e. The van der Waals surface area contributed by atoms with Gasteiger partial charge >= 0.3 is 0 Å². The monoisotopic (exact) mass is 414 g/mol. The molecule has 1 aromatic carbocycles. The highest BCUT2D eigenvalue weighted by molar-refractivity contribution is 9.10. The van der Waals surface area contributed by atoms with Gasteiger partial charge in [0.2, 0.25) is 10.0 Å². The Morgan fingerprint density at radius 1 is 1.39 bits per heavy atom. The third kappa shape index (κ3) is 4.03. The summed E-state index contributed by atoms with van der Waals surface area (Å²) in [5, 5.41) is 2.13. The highest BCUT2D eigenvalue weighted by atomic mass is 79.9. The Morgan fingerprint density at radius 2 is 2.22 bits per heavy atom. The number of rotatable bonds is 5. The first kappa shape index (κ1) is 17.1. The number of nitrogens with zero attached hydrogens (tertiary/aromatic N) is 1. The summed E-state index contributed by atoms with van der Waals surface area (Å²) in [6.07, 6.45) is 1.05. The van der Waals surface area contributed by atoms with Crippen LogP contribution in [-0.4, -0.2) is 32.4 Å². The van der Waals surface area contributed by atoms with Crippen molar-refractivity contribution in [2.24, 2.45) is 0 Å². The average molecular weight is 415 g/mol. The maximum Gasteiger partial charge on any atom is 0.240 e. The van der Waals surface area contributed by atoms with Gasteiger partial charge < -0.3 is 0 Å². The van der Waals surface area contributed by atoms with Gasteiger partial charge in [0.15, 0.2) is 0 Å². The van der Waals surface area contributed by atoms with E-state index in [4.69, 9.17) is 0 Å². The molecular formula is C16H19BrN2O2S2. The number of thiophene rings is 1. The molecule has 1 N–H and O–H groups in total. The summed E-state index contributed by atoms with van der Waals surface area (Å²) < 4.78 is 28.2. The zero-order valence-electron chi connectivity index (χ0n) is 12.8. The molecule has 1 atom stereocenters. The lowest BCUT2D eigenvalue weighted by Gasteiger charge is -2.32. The van der Waals surface area contributed by atoms with Crippen molar-refractivity contribution in [1.82, 2.24) is 9.62 Å². The first-order valence-electron chi connectivity index (χ1n) is 7.50. The number of hydrogen-bond donors (Lipinski definition) is 1. The molecule has 4 nitrogen and oxygen atoms in total.